The fourth-order valence-corrected chi connectivity index (χ4v) is 6.10. The Bertz CT molecular complexity index is 1590. The summed E-state index contributed by atoms with van der Waals surface area (Å²) >= 11 is 0. The van der Waals surface area contributed by atoms with E-state index in [0.29, 0.717) is 55.5 Å². The number of halogens is 1. The average molecular weight is 578 g/mol. The van der Waals surface area contributed by atoms with Crippen LogP contribution in [0.15, 0.2) is 18.5 Å². The molecule has 0 atom stereocenters. The highest BCUT2D eigenvalue weighted by molar-refractivity contribution is 6.03. The lowest BCUT2D eigenvalue weighted by Gasteiger charge is -2.48. The van der Waals surface area contributed by atoms with E-state index in [2.05, 4.69) is 35.1 Å². The van der Waals surface area contributed by atoms with E-state index in [1.165, 1.54) is 0 Å². The Morgan fingerprint density at radius 3 is 2.50 bits per heavy atom. The smallest absolute Gasteiger partial charge is 0.410 e. The van der Waals surface area contributed by atoms with Gasteiger partial charge in [0, 0.05) is 67.0 Å². The number of fused-ring (bicyclic) bond motifs is 2. The summed E-state index contributed by atoms with van der Waals surface area (Å²) in [5.41, 5.74) is 3.81. The number of pyridine rings is 2. The molecule has 1 N–H and O–H groups in total. The summed E-state index contributed by atoms with van der Waals surface area (Å²) in [5, 5.41) is 2.80. The summed E-state index contributed by atoms with van der Waals surface area (Å²) < 4.78 is 22.7. The van der Waals surface area contributed by atoms with Crippen molar-refractivity contribution in [1.29, 1.82) is 0 Å². The minimum atomic E-state index is -0.565. The number of nitrogens with one attached hydrogen (secondary N) is 1. The Labute approximate surface area is 245 Å². The monoisotopic (exact) mass is 577 g/mol. The van der Waals surface area contributed by atoms with E-state index in [9.17, 15) is 9.59 Å². The zero-order chi connectivity index (χ0) is 30.1. The maximum absolute atomic E-state index is 15.3. The highest BCUT2D eigenvalue weighted by atomic mass is 19.1. The molecule has 0 radical (unpaired) electrons. The lowest BCUT2D eigenvalue weighted by molar-refractivity contribution is 0.000360. The molecule has 11 heteroatoms. The summed E-state index contributed by atoms with van der Waals surface area (Å²) in [5.74, 6) is 0.518. The zero-order valence-corrected chi connectivity index (χ0v) is 25.5. The number of nitrogens with zero attached hydrogens (tertiary/aromatic N) is 6. The van der Waals surface area contributed by atoms with Crippen LogP contribution in [0.25, 0.3) is 5.65 Å². The Hall–Kier alpha value is -3.89. The van der Waals surface area contributed by atoms with Gasteiger partial charge in [0.1, 0.15) is 17.1 Å². The van der Waals surface area contributed by atoms with Crippen molar-refractivity contribution in [3.63, 3.8) is 0 Å². The summed E-state index contributed by atoms with van der Waals surface area (Å²) in [7, 11) is 0. The minimum absolute atomic E-state index is 0.106. The molecule has 1 aliphatic carbocycles. The molecule has 3 aromatic rings. The van der Waals surface area contributed by atoms with E-state index in [4.69, 9.17) is 9.72 Å². The molecule has 3 aromatic heterocycles. The number of aryl methyl sites for hydroxylation is 2. The number of ether oxygens (including phenoxy) is 1. The molecular formula is C31H40FN7O3. The molecule has 0 aromatic carbocycles. The number of carbonyl (C=O) groups is 2. The summed E-state index contributed by atoms with van der Waals surface area (Å²) in [6.45, 7) is 15.5. The Morgan fingerprint density at radius 2 is 1.83 bits per heavy atom. The van der Waals surface area contributed by atoms with Crippen molar-refractivity contribution in [2.24, 2.45) is 0 Å². The van der Waals surface area contributed by atoms with Gasteiger partial charge in [-0.2, -0.15) is 0 Å². The van der Waals surface area contributed by atoms with Gasteiger partial charge >= 0.3 is 12.1 Å². The number of piperazine rings is 1. The molecule has 1 saturated carbocycles. The molecule has 1 saturated heterocycles. The second-order valence-electron chi connectivity index (χ2n) is 13.4. The molecule has 224 valence electrons. The molecular weight excluding hydrogens is 537 g/mol. The number of amides is 3. The summed E-state index contributed by atoms with van der Waals surface area (Å²) in [6, 6.07) is 1.76. The summed E-state index contributed by atoms with van der Waals surface area (Å²) in [6.07, 6.45) is 5.86. The molecule has 0 unspecified atom stereocenters. The molecule has 42 heavy (non-hydrogen) atoms. The maximum Gasteiger partial charge on any atom is 0.410 e. The van der Waals surface area contributed by atoms with Gasteiger partial charge in [0.2, 0.25) is 0 Å². The SMILES string of the molecule is Cc1cn2cc(NC(=O)N3CCc4c(N5CCN(C(=O)OC(C)(C)C)C(C)(C)C5)cc(C5CC5)nc43)c(F)c(C)c2n1. The largest absolute Gasteiger partial charge is 0.444 e. The van der Waals surface area contributed by atoms with E-state index < -0.39 is 23.0 Å². The Balaban J connectivity index is 1.28. The number of hydrogen-bond donors (Lipinski definition) is 1. The fourth-order valence-electron chi connectivity index (χ4n) is 6.10. The maximum atomic E-state index is 15.3. The molecule has 0 bridgehead atoms. The van der Waals surface area contributed by atoms with E-state index in [-0.39, 0.29) is 11.8 Å². The van der Waals surface area contributed by atoms with Crippen LogP contribution in [-0.2, 0) is 11.2 Å². The van der Waals surface area contributed by atoms with Gasteiger partial charge in [-0.3, -0.25) is 9.80 Å². The van der Waals surface area contributed by atoms with E-state index in [1.807, 2.05) is 38.8 Å². The molecule has 2 fully saturated rings. The third kappa shape index (κ3) is 5.13. The third-order valence-electron chi connectivity index (χ3n) is 8.30. The molecule has 10 nitrogen and oxygen atoms in total. The lowest BCUT2D eigenvalue weighted by Crippen LogP contribution is -2.62. The Morgan fingerprint density at radius 1 is 1.10 bits per heavy atom. The first-order chi connectivity index (χ1) is 19.7. The number of urea groups is 1. The average Bonchev–Trinajstić information content (AvgIpc) is 3.55. The predicted molar refractivity (Wildman–Crippen MR) is 160 cm³/mol. The molecule has 0 spiro atoms. The zero-order valence-electron chi connectivity index (χ0n) is 25.5. The van der Waals surface area contributed by atoms with Crippen LogP contribution in [0.5, 0.6) is 0 Å². The van der Waals surface area contributed by atoms with Crippen LogP contribution in [0.3, 0.4) is 0 Å². The lowest BCUT2D eigenvalue weighted by atomic mass is 9.97. The topological polar surface area (TPSA) is 95.3 Å². The van der Waals surface area contributed by atoms with E-state index in [1.54, 1.807) is 22.4 Å². The fraction of sp³-hybridized carbons (Fsp3) is 0.548. The Kier molecular flexibility index (Phi) is 6.62. The first-order valence-electron chi connectivity index (χ1n) is 14.7. The van der Waals surface area contributed by atoms with Crippen LogP contribution in [0.2, 0.25) is 0 Å². The molecule has 3 aliphatic rings. The van der Waals surface area contributed by atoms with Crippen LogP contribution in [0.1, 0.15) is 75.9 Å². The molecule has 3 amide bonds. The van der Waals surface area contributed by atoms with Crippen LogP contribution in [0.4, 0.5) is 31.2 Å². The number of aromatic nitrogens is 3. The minimum Gasteiger partial charge on any atom is -0.444 e. The van der Waals surface area contributed by atoms with Crippen molar-refractivity contribution in [3.8, 4) is 0 Å². The van der Waals surface area contributed by atoms with Gasteiger partial charge in [-0.25, -0.2) is 23.9 Å². The van der Waals surface area contributed by atoms with Crippen molar-refractivity contribution >= 4 is 35.0 Å². The quantitative estimate of drug-likeness (QED) is 0.423. The first-order valence-corrected chi connectivity index (χ1v) is 14.7. The van der Waals surface area contributed by atoms with Gasteiger partial charge < -0.3 is 19.4 Å². The second-order valence-corrected chi connectivity index (χ2v) is 13.4. The van der Waals surface area contributed by atoms with Crippen molar-refractivity contribution in [2.45, 2.75) is 84.8 Å². The van der Waals surface area contributed by atoms with Gasteiger partial charge in [0.15, 0.2) is 5.82 Å². The number of carbonyl (C=O) groups excluding carboxylic acids is 2. The number of imidazole rings is 1. The van der Waals surface area contributed by atoms with Crippen LogP contribution < -0.4 is 15.1 Å². The standard InChI is InChI=1S/C31H40FN7O3/c1-18-15-37-16-23(25(32)19(2)26(37)33-18)35-28(40)38-11-10-21-24(14-22(20-8-9-20)34-27(21)38)36-12-13-39(31(6,7)17-36)29(41)42-30(3,4)5/h14-16,20H,8-13,17H2,1-7H3,(H,35,40). The number of hydrogen-bond acceptors (Lipinski definition) is 6. The van der Waals surface area contributed by atoms with Crippen LogP contribution in [0, 0.1) is 19.7 Å². The van der Waals surface area contributed by atoms with Gasteiger partial charge in [-0.15, -0.1) is 0 Å². The third-order valence-corrected chi connectivity index (χ3v) is 8.30. The van der Waals surface area contributed by atoms with Crippen LogP contribution in [-0.4, -0.2) is 68.7 Å². The summed E-state index contributed by atoms with van der Waals surface area (Å²) in [4.78, 5) is 41.7. The van der Waals surface area contributed by atoms with E-state index in [0.717, 1.165) is 35.5 Å². The highest BCUT2D eigenvalue weighted by Gasteiger charge is 2.41. The number of anilines is 3. The van der Waals surface area contributed by atoms with Gasteiger partial charge in [-0.1, -0.05) is 0 Å². The van der Waals surface area contributed by atoms with Crippen molar-refractivity contribution in [1.82, 2.24) is 19.3 Å². The normalized spacial score (nSPS) is 18.4. The van der Waals surface area contributed by atoms with Crippen molar-refractivity contribution in [3.05, 3.63) is 46.8 Å². The van der Waals surface area contributed by atoms with Gasteiger partial charge in [0.05, 0.1) is 16.9 Å². The first kappa shape index (κ1) is 28.2. The number of rotatable bonds is 3. The predicted octanol–water partition coefficient (Wildman–Crippen LogP) is 5.79. The van der Waals surface area contributed by atoms with Crippen molar-refractivity contribution < 1.29 is 18.7 Å². The molecule has 2 aliphatic heterocycles. The van der Waals surface area contributed by atoms with E-state index >= 15 is 4.39 Å². The van der Waals surface area contributed by atoms with Gasteiger partial charge in [0.25, 0.3) is 0 Å². The van der Waals surface area contributed by atoms with Gasteiger partial charge in [-0.05, 0) is 73.8 Å². The molecule has 5 heterocycles. The van der Waals surface area contributed by atoms with Crippen LogP contribution >= 0.6 is 0 Å². The molecule has 6 rings (SSSR count). The second kappa shape index (κ2) is 9.84. The van der Waals surface area contributed by atoms with Crippen molar-refractivity contribution in [2.75, 3.05) is 41.3 Å². The highest BCUT2D eigenvalue weighted by Crippen LogP contribution is 2.45.